The summed E-state index contributed by atoms with van der Waals surface area (Å²) in [5.41, 5.74) is 3.13. The van der Waals surface area contributed by atoms with Crippen molar-refractivity contribution in [3.63, 3.8) is 0 Å². The van der Waals surface area contributed by atoms with Crippen LogP contribution in [-0.2, 0) is 6.54 Å². The molecule has 0 spiro atoms. The molecule has 0 fully saturated rings. The van der Waals surface area contributed by atoms with Crippen molar-refractivity contribution in [2.24, 2.45) is 0 Å². The van der Waals surface area contributed by atoms with Gasteiger partial charge in [-0.15, -0.1) is 0 Å². The zero-order valence-electron chi connectivity index (χ0n) is 10.9. The molecule has 2 aromatic rings. The molecule has 0 aliphatic carbocycles. The van der Waals surface area contributed by atoms with E-state index in [2.05, 4.69) is 36.4 Å². The maximum Gasteiger partial charge on any atom is 0.0819 e. The average Bonchev–Trinajstić information content (AvgIpc) is 2.68. The third-order valence-corrected chi connectivity index (χ3v) is 3.10. The molecule has 0 unspecified atom stereocenters. The van der Waals surface area contributed by atoms with Gasteiger partial charge in [-0.05, 0) is 24.6 Å². The number of aryl methyl sites for hydroxylation is 1. The smallest absolute Gasteiger partial charge is 0.0819 e. The summed E-state index contributed by atoms with van der Waals surface area (Å²) in [5.74, 6) is 0. The molecule has 2 rings (SSSR count). The quantitative estimate of drug-likeness (QED) is 0.917. The zero-order chi connectivity index (χ0) is 13.1. The molecule has 0 aliphatic heterocycles. The predicted octanol–water partition coefficient (Wildman–Crippen LogP) is 3.33. The number of hydrogen-bond donors (Lipinski definition) is 1. The number of benzene rings is 1. The summed E-state index contributed by atoms with van der Waals surface area (Å²) in [5, 5.41) is 8.48. The molecular weight excluding hydrogens is 246 g/mol. The Morgan fingerprint density at radius 2 is 2.17 bits per heavy atom. The summed E-state index contributed by atoms with van der Waals surface area (Å²) in [6.45, 7) is 7.05. The van der Waals surface area contributed by atoms with Crippen molar-refractivity contribution in [2.45, 2.75) is 33.4 Å². The molecule has 0 aliphatic rings. The van der Waals surface area contributed by atoms with Crippen LogP contribution in [0.4, 0.5) is 0 Å². The van der Waals surface area contributed by atoms with Crippen LogP contribution in [0.3, 0.4) is 0 Å². The van der Waals surface area contributed by atoms with Crippen LogP contribution in [0.2, 0.25) is 5.02 Å². The Morgan fingerprint density at radius 1 is 1.39 bits per heavy atom. The molecular formula is C14H18ClN3. The number of aromatic nitrogens is 2. The van der Waals surface area contributed by atoms with E-state index < -0.39 is 0 Å². The molecule has 0 atom stereocenters. The molecule has 3 nitrogen and oxygen atoms in total. The van der Waals surface area contributed by atoms with Crippen molar-refractivity contribution in [3.8, 4) is 5.69 Å². The molecule has 1 aromatic carbocycles. The van der Waals surface area contributed by atoms with Crippen molar-refractivity contribution >= 4 is 11.6 Å². The van der Waals surface area contributed by atoms with Gasteiger partial charge in [0.15, 0.2) is 0 Å². The molecule has 1 N–H and O–H groups in total. The molecule has 0 bridgehead atoms. The van der Waals surface area contributed by atoms with Gasteiger partial charge in [-0.3, -0.25) is 0 Å². The number of nitrogens with one attached hydrogen (secondary N) is 1. The lowest BCUT2D eigenvalue weighted by Gasteiger charge is -2.09. The highest BCUT2D eigenvalue weighted by molar-refractivity contribution is 6.31. The molecule has 0 saturated carbocycles. The van der Waals surface area contributed by atoms with Crippen molar-refractivity contribution in [3.05, 3.63) is 46.7 Å². The van der Waals surface area contributed by atoms with Gasteiger partial charge < -0.3 is 5.32 Å². The summed E-state index contributed by atoms with van der Waals surface area (Å²) in [7, 11) is 0. The van der Waals surface area contributed by atoms with Crippen LogP contribution < -0.4 is 5.32 Å². The average molecular weight is 264 g/mol. The minimum Gasteiger partial charge on any atom is -0.310 e. The SMILES string of the molecule is Cc1nn(-c2cccc(CNC(C)C)c2)cc1Cl. The molecule has 0 radical (unpaired) electrons. The van der Waals surface area contributed by atoms with E-state index in [0.717, 1.165) is 17.9 Å². The van der Waals surface area contributed by atoms with Crippen LogP contribution in [0, 0.1) is 6.92 Å². The van der Waals surface area contributed by atoms with Gasteiger partial charge in [0, 0.05) is 18.8 Å². The van der Waals surface area contributed by atoms with Gasteiger partial charge in [0.25, 0.3) is 0 Å². The first kappa shape index (κ1) is 13.1. The van der Waals surface area contributed by atoms with E-state index in [-0.39, 0.29) is 0 Å². The minimum absolute atomic E-state index is 0.482. The number of hydrogen-bond acceptors (Lipinski definition) is 2. The minimum atomic E-state index is 0.482. The second-order valence-corrected chi connectivity index (χ2v) is 5.12. The Bertz CT molecular complexity index is 512. The fraction of sp³-hybridized carbons (Fsp3) is 0.357. The van der Waals surface area contributed by atoms with Crippen LogP contribution in [0.25, 0.3) is 5.69 Å². The van der Waals surface area contributed by atoms with Crippen LogP contribution in [0.5, 0.6) is 0 Å². The highest BCUT2D eigenvalue weighted by atomic mass is 35.5. The second kappa shape index (κ2) is 5.55. The first-order valence-electron chi connectivity index (χ1n) is 6.10. The standard InChI is InChI=1S/C14H18ClN3/c1-10(2)16-8-12-5-4-6-13(7-12)18-9-14(15)11(3)17-18/h4-7,9-10,16H,8H2,1-3H3. The Balaban J connectivity index is 2.21. The first-order chi connectivity index (χ1) is 8.56. The molecule has 4 heteroatoms. The fourth-order valence-electron chi connectivity index (χ4n) is 1.70. The molecule has 0 saturated heterocycles. The van der Waals surface area contributed by atoms with E-state index in [9.17, 15) is 0 Å². The largest absolute Gasteiger partial charge is 0.310 e. The van der Waals surface area contributed by atoms with Gasteiger partial charge in [0.1, 0.15) is 0 Å². The van der Waals surface area contributed by atoms with Crippen LogP contribution in [-0.4, -0.2) is 15.8 Å². The van der Waals surface area contributed by atoms with Crippen LogP contribution in [0.15, 0.2) is 30.5 Å². The maximum atomic E-state index is 6.03. The Morgan fingerprint density at radius 3 is 2.78 bits per heavy atom. The molecule has 1 aromatic heterocycles. The summed E-state index contributed by atoms with van der Waals surface area (Å²) in [6.07, 6.45) is 1.84. The van der Waals surface area contributed by atoms with E-state index in [0.29, 0.717) is 11.1 Å². The fourth-order valence-corrected chi connectivity index (χ4v) is 1.83. The zero-order valence-corrected chi connectivity index (χ0v) is 11.7. The second-order valence-electron chi connectivity index (χ2n) is 4.71. The number of halogens is 1. The lowest BCUT2D eigenvalue weighted by molar-refractivity contribution is 0.588. The van der Waals surface area contributed by atoms with E-state index >= 15 is 0 Å². The van der Waals surface area contributed by atoms with E-state index in [1.807, 2.05) is 29.9 Å². The Hall–Kier alpha value is -1.32. The third-order valence-electron chi connectivity index (χ3n) is 2.73. The monoisotopic (exact) mass is 263 g/mol. The van der Waals surface area contributed by atoms with Crippen molar-refractivity contribution in [1.29, 1.82) is 0 Å². The van der Waals surface area contributed by atoms with Gasteiger partial charge in [-0.25, -0.2) is 4.68 Å². The van der Waals surface area contributed by atoms with Crippen molar-refractivity contribution < 1.29 is 0 Å². The maximum absolute atomic E-state index is 6.03. The summed E-state index contributed by atoms with van der Waals surface area (Å²) in [4.78, 5) is 0. The summed E-state index contributed by atoms with van der Waals surface area (Å²) >= 11 is 6.03. The lowest BCUT2D eigenvalue weighted by atomic mass is 10.2. The third kappa shape index (κ3) is 3.12. The molecule has 96 valence electrons. The van der Waals surface area contributed by atoms with E-state index in [1.54, 1.807) is 0 Å². The molecule has 1 heterocycles. The van der Waals surface area contributed by atoms with Gasteiger partial charge in [0.2, 0.25) is 0 Å². The first-order valence-corrected chi connectivity index (χ1v) is 6.48. The Labute approximate surface area is 113 Å². The molecule has 18 heavy (non-hydrogen) atoms. The van der Waals surface area contributed by atoms with E-state index in [4.69, 9.17) is 11.6 Å². The number of nitrogens with zero attached hydrogens (tertiary/aromatic N) is 2. The summed E-state index contributed by atoms with van der Waals surface area (Å²) < 4.78 is 1.82. The summed E-state index contributed by atoms with van der Waals surface area (Å²) in [6, 6.07) is 8.78. The normalized spacial score (nSPS) is 11.2. The molecule has 0 amide bonds. The van der Waals surface area contributed by atoms with E-state index in [1.165, 1.54) is 5.56 Å². The lowest BCUT2D eigenvalue weighted by Crippen LogP contribution is -2.21. The van der Waals surface area contributed by atoms with Crippen LogP contribution in [0.1, 0.15) is 25.1 Å². The van der Waals surface area contributed by atoms with Gasteiger partial charge >= 0.3 is 0 Å². The van der Waals surface area contributed by atoms with Gasteiger partial charge in [-0.1, -0.05) is 37.6 Å². The number of rotatable bonds is 4. The van der Waals surface area contributed by atoms with Crippen LogP contribution >= 0.6 is 11.6 Å². The van der Waals surface area contributed by atoms with Crippen molar-refractivity contribution in [2.75, 3.05) is 0 Å². The highest BCUT2D eigenvalue weighted by Crippen LogP contribution is 2.17. The highest BCUT2D eigenvalue weighted by Gasteiger charge is 2.04. The topological polar surface area (TPSA) is 29.9 Å². The predicted molar refractivity (Wildman–Crippen MR) is 75.3 cm³/mol. The van der Waals surface area contributed by atoms with Crippen molar-refractivity contribution in [1.82, 2.24) is 15.1 Å². The van der Waals surface area contributed by atoms with Gasteiger partial charge in [0.05, 0.1) is 16.4 Å². The Kier molecular flexibility index (Phi) is 4.04. The van der Waals surface area contributed by atoms with Gasteiger partial charge in [-0.2, -0.15) is 5.10 Å².